The third-order valence-electron chi connectivity index (χ3n) is 4.84. The lowest BCUT2D eigenvalue weighted by Crippen LogP contribution is -2.25. The summed E-state index contributed by atoms with van der Waals surface area (Å²) in [6, 6.07) is 10.7. The molecule has 0 unspecified atom stereocenters. The highest BCUT2D eigenvalue weighted by Crippen LogP contribution is 2.17. The maximum Gasteiger partial charge on any atom is 0.251 e. The van der Waals surface area contributed by atoms with E-state index in [0.717, 1.165) is 24.5 Å². The Morgan fingerprint density at radius 3 is 2.21 bits per heavy atom. The largest absolute Gasteiger partial charge is 0.357 e. The van der Waals surface area contributed by atoms with Crippen molar-refractivity contribution in [2.75, 3.05) is 24.2 Å². The third kappa shape index (κ3) is 6.05. The zero-order valence-electron chi connectivity index (χ0n) is 16.2. The molecule has 7 heteroatoms. The molecule has 2 aromatic rings. The number of amides is 1. The Labute approximate surface area is 166 Å². The number of nitrogens with zero attached hydrogens (tertiary/aromatic N) is 2. The van der Waals surface area contributed by atoms with Crippen LogP contribution in [0.5, 0.6) is 0 Å². The molecule has 6 nitrogen and oxygen atoms in total. The molecule has 0 radical (unpaired) electrons. The van der Waals surface area contributed by atoms with Gasteiger partial charge in [0.25, 0.3) is 5.91 Å². The van der Waals surface area contributed by atoms with Crippen molar-refractivity contribution in [1.82, 2.24) is 10.3 Å². The second-order valence-electron chi connectivity index (χ2n) is 7.38. The van der Waals surface area contributed by atoms with Crippen LogP contribution in [0, 0.1) is 0 Å². The minimum atomic E-state index is -3.08. The molecule has 1 aliphatic heterocycles. The number of benzene rings is 1. The van der Waals surface area contributed by atoms with Crippen LogP contribution in [0.15, 0.2) is 42.6 Å². The predicted molar refractivity (Wildman–Crippen MR) is 111 cm³/mol. The van der Waals surface area contributed by atoms with Crippen LogP contribution in [-0.4, -0.2) is 38.7 Å². The molecule has 1 N–H and O–H groups in total. The first-order chi connectivity index (χ1) is 13.4. The van der Waals surface area contributed by atoms with E-state index in [1.807, 2.05) is 18.3 Å². The van der Waals surface area contributed by atoms with Crippen LogP contribution in [-0.2, 0) is 22.1 Å². The third-order valence-corrected chi connectivity index (χ3v) is 5.69. The molecule has 2 heterocycles. The van der Waals surface area contributed by atoms with E-state index in [-0.39, 0.29) is 11.7 Å². The topological polar surface area (TPSA) is 79.4 Å². The fraction of sp³-hybridized carbons (Fsp3) is 0.429. The van der Waals surface area contributed by atoms with Crippen molar-refractivity contribution in [3.63, 3.8) is 0 Å². The SMILES string of the molecule is CS(=O)(=O)Cc1ccc(C(=O)NCc2ccc(N3CCCCCC3)nc2)cc1. The van der Waals surface area contributed by atoms with Crippen LogP contribution in [0.2, 0.25) is 0 Å². The van der Waals surface area contributed by atoms with Crippen molar-refractivity contribution < 1.29 is 13.2 Å². The molecule has 0 aliphatic carbocycles. The number of hydrogen-bond donors (Lipinski definition) is 1. The average molecular weight is 402 g/mol. The first kappa shape index (κ1) is 20.3. The lowest BCUT2D eigenvalue weighted by molar-refractivity contribution is 0.0951. The lowest BCUT2D eigenvalue weighted by Gasteiger charge is -2.21. The van der Waals surface area contributed by atoms with Crippen molar-refractivity contribution in [2.45, 2.75) is 38.0 Å². The Balaban J connectivity index is 1.54. The Bertz CT molecular complexity index is 885. The Morgan fingerprint density at radius 2 is 1.64 bits per heavy atom. The van der Waals surface area contributed by atoms with Gasteiger partial charge in [0.15, 0.2) is 9.84 Å². The molecule has 0 bridgehead atoms. The van der Waals surface area contributed by atoms with Gasteiger partial charge in [0, 0.05) is 37.7 Å². The molecule has 1 aromatic heterocycles. The van der Waals surface area contributed by atoms with Crippen molar-refractivity contribution in [2.24, 2.45) is 0 Å². The number of rotatable bonds is 6. The number of nitrogens with one attached hydrogen (secondary N) is 1. The summed E-state index contributed by atoms with van der Waals surface area (Å²) < 4.78 is 22.7. The van der Waals surface area contributed by atoms with Gasteiger partial charge in [-0.25, -0.2) is 13.4 Å². The molecule has 1 aliphatic rings. The number of sulfone groups is 1. The van der Waals surface area contributed by atoms with Crippen molar-refractivity contribution in [3.05, 3.63) is 59.3 Å². The fourth-order valence-electron chi connectivity index (χ4n) is 3.35. The maximum absolute atomic E-state index is 12.3. The van der Waals surface area contributed by atoms with Gasteiger partial charge in [0.05, 0.1) is 5.75 Å². The Kier molecular flexibility index (Phi) is 6.67. The van der Waals surface area contributed by atoms with Crippen LogP contribution in [0.4, 0.5) is 5.82 Å². The van der Waals surface area contributed by atoms with Crippen LogP contribution < -0.4 is 10.2 Å². The molecule has 0 spiro atoms. The predicted octanol–water partition coefficient (Wildman–Crippen LogP) is 2.94. The van der Waals surface area contributed by atoms with Gasteiger partial charge in [0.1, 0.15) is 5.82 Å². The summed E-state index contributed by atoms with van der Waals surface area (Å²) in [6.45, 7) is 2.51. The standard InChI is InChI=1S/C21H27N3O3S/c1-28(26,27)16-17-6-9-19(10-7-17)21(25)23-15-18-8-11-20(22-14-18)24-12-4-2-3-5-13-24/h6-11,14H,2-5,12-13,15-16H2,1H3,(H,23,25). The summed E-state index contributed by atoms with van der Waals surface area (Å²) in [5, 5.41) is 2.88. The smallest absolute Gasteiger partial charge is 0.251 e. The van der Waals surface area contributed by atoms with Gasteiger partial charge < -0.3 is 10.2 Å². The first-order valence-corrected chi connectivity index (χ1v) is 11.7. The van der Waals surface area contributed by atoms with Gasteiger partial charge in [-0.15, -0.1) is 0 Å². The van der Waals surface area contributed by atoms with Gasteiger partial charge in [0.2, 0.25) is 0 Å². The zero-order chi connectivity index (χ0) is 20.0. The van der Waals surface area contributed by atoms with Gasteiger partial charge in [-0.2, -0.15) is 0 Å². The van der Waals surface area contributed by atoms with E-state index < -0.39 is 9.84 Å². The highest BCUT2D eigenvalue weighted by atomic mass is 32.2. The lowest BCUT2D eigenvalue weighted by atomic mass is 10.1. The fourth-order valence-corrected chi connectivity index (χ4v) is 4.15. The van der Waals surface area contributed by atoms with E-state index in [2.05, 4.69) is 15.2 Å². The summed E-state index contributed by atoms with van der Waals surface area (Å²) in [4.78, 5) is 19.2. The molecular weight excluding hydrogens is 374 g/mol. The van der Waals surface area contributed by atoms with Crippen molar-refractivity contribution in [1.29, 1.82) is 0 Å². The summed E-state index contributed by atoms with van der Waals surface area (Å²) >= 11 is 0. The minimum absolute atomic E-state index is 0.0239. The maximum atomic E-state index is 12.3. The van der Waals surface area contributed by atoms with Crippen LogP contribution in [0.1, 0.15) is 47.2 Å². The Morgan fingerprint density at radius 1 is 1.00 bits per heavy atom. The van der Waals surface area contributed by atoms with Gasteiger partial charge in [-0.1, -0.05) is 31.0 Å². The zero-order valence-corrected chi connectivity index (χ0v) is 17.0. The molecule has 1 amide bonds. The van der Waals surface area contributed by atoms with E-state index in [4.69, 9.17) is 0 Å². The van der Waals surface area contributed by atoms with E-state index in [0.29, 0.717) is 17.7 Å². The minimum Gasteiger partial charge on any atom is -0.357 e. The second kappa shape index (κ2) is 9.19. The van der Waals surface area contributed by atoms with Gasteiger partial charge >= 0.3 is 0 Å². The number of aromatic nitrogens is 1. The monoisotopic (exact) mass is 401 g/mol. The highest BCUT2D eigenvalue weighted by Gasteiger charge is 2.11. The number of anilines is 1. The van der Waals surface area contributed by atoms with E-state index in [9.17, 15) is 13.2 Å². The molecular formula is C21H27N3O3S. The van der Waals surface area contributed by atoms with Crippen molar-refractivity contribution in [3.8, 4) is 0 Å². The van der Waals surface area contributed by atoms with Crippen LogP contribution in [0.3, 0.4) is 0 Å². The number of hydrogen-bond acceptors (Lipinski definition) is 5. The van der Waals surface area contributed by atoms with Crippen LogP contribution >= 0.6 is 0 Å². The summed E-state index contributed by atoms with van der Waals surface area (Å²) in [5.74, 6) is 0.783. The second-order valence-corrected chi connectivity index (χ2v) is 9.52. The van der Waals surface area contributed by atoms with Crippen molar-refractivity contribution >= 4 is 21.6 Å². The van der Waals surface area contributed by atoms with Gasteiger partial charge in [-0.05, 0) is 42.2 Å². The molecule has 1 fully saturated rings. The summed E-state index contributed by atoms with van der Waals surface area (Å²) in [7, 11) is -3.08. The number of carbonyl (C=O) groups is 1. The Hall–Kier alpha value is -2.41. The molecule has 3 rings (SSSR count). The van der Waals surface area contributed by atoms with Gasteiger partial charge in [-0.3, -0.25) is 4.79 Å². The number of carbonyl (C=O) groups excluding carboxylic acids is 1. The first-order valence-electron chi connectivity index (χ1n) is 9.65. The summed E-state index contributed by atoms with van der Waals surface area (Å²) in [5.41, 5.74) is 2.12. The molecule has 28 heavy (non-hydrogen) atoms. The number of pyridine rings is 1. The quantitative estimate of drug-likeness (QED) is 0.805. The molecule has 1 aromatic carbocycles. The summed E-state index contributed by atoms with van der Waals surface area (Å²) in [6.07, 6.45) is 8.01. The van der Waals surface area contributed by atoms with E-state index >= 15 is 0 Å². The average Bonchev–Trinajstić information content (AvgIpc) is 2.95. The molecule has 0 atom stereocenters. The normalized spacial score (nSPS) is 15.1. The molecule has 150 valence electrons. The van der Waals surface area contributed by atoms with E-state index in [1.165, 1.54) is 31.9 Å². The van der Waals surface area contributed by atoms with E-state index in [1.54, 1.807) is 24.3 Å². The molecule has 1 saturated heterocycles. The molecule has 0 saturated carbocycles. The highest BCUT2D eigenvalue weighted by molar-refractivity contribution is 7.89. The van der Waals surface area contributed by atoms with Crippen LogP contribution in [0.25, 0.3) is 0 Å².